The van der Waals surface area contributed by atoms with Crippen molar-refractivity contribution in [1.29, 1.82) is 0 Å². The van der Waals surface area contributed by atoms with Gasteiger partial charge in [-0.2, -0.15) is 0 Å². The number of halogens is 1. The molecule has 0 radical (unpaired) electrons. The molecular formula is C22H21FN2O2. The van der Waals surface area contributed by atoms with E-state index >= 15 is 0 Å². The van der Waals surface area contributed by atoms with Crippen LogP contribution in [0.15, 0.2) is 71.3 Å². The molecular weight excluding hydrogens is 343 g/mol. The predicted molar refractivity (Wildman–Crippen MR) is 101 cm³/mol. The van der Waals surface area contributed by atoms with Crippen LogP contribution in [0.4, 0.5) is 4.39 Å². The lowest BCUT2D eigenvalue weighted by molar-refractivity contribution is 0.0918. The van der Waals surface area contributed by atoms with Gasteiger partial charge in [0.25, 0.3) is 5.91 Å². The average molecular weight is 364 g/mol. The van der Waals surface area contributed by atoms with Crippen molar-refractivity contribution in [1.82, 2.24) is 10.2 Å². The Bertz CT molecular complexity index is 924. The largest absolute Gasteiger partial charge is 0.468 e. The third-order valence-electron chi connectivity index (χ3n) is 5.02. The molecule has 2 heterocycles. The molecule has 1 aliphatic rings. The van der Waals surface area contributed by atoms with Crippen molar-refractivity contribution in [3.63, 3.8) is 0 Å². The first kappa shape index (κ1) is 17.5. The van der Waals surface area contributed by atoms with E-state index in [1.807, 2.05) is 12.1 Å². The molecule has 4 rings (SSSR count). The maximum Gasteiger partial charge on any atom is 0.251 e. The van der Waals surface area contributed by atoms with Crippen LogP contribution >= 0.6 is 0 Å². The number of rotatable bonds is 5. The number of hydrogen-bond donors (Lipinski definition) is 1. The third-order valence-corrected chi connectivity index (χ3v) is 5.02. The Morgan fingerprint density at radius 3 is 2.74 bits per heavy atom. The summed E-state index contributed by atoms with van der Waals surface area (Å²) in [6.45, 7) is 2.08. The van der Waals surface area contributed by atoms with Gasteiger partial charge in [-0.3, -0.25) is 9.69 Å². The molecule has 1 N–H and O–H groups in total. The normalized spacial score (nSPS) is 15.1. The summed E-state index contributed by atoms with van der Waals surface area (Å²) in [5, 5.41) is 2.93. The zero-order valence-corrected chi connectivity index (χ0v) is 14.9. The molecule has 0 fully saturated rings. The van der Waals surface area contributed by atoms with Crippen molar-refractivity contribution >= 4 is 5.91 Å². The Morgan fingerprint density at radius 1 is 1.11 bits per heavy atom. The van der Waals surface area contributed by atoms with E-state index in [0.29, 0.717) is 12.1 Å². The fraction of sp³-hybridized carbons (Fsp3) is 0.227. The summed E-state index contributed by atoms with van der Waals surface area (Å²) in [5.41, 5.74) is 2.99. The summed E-state index contributed by atoms with van der Waals surface area (Å²) in [6, 6.07) is 17.9. The highest BCUT2D eigenvalue weighted by atomic mass is 19.1. The Balaban J connectivity index is 1.50. The molecule has 1 atom stereocenters. The molecule has 0 unspecified atom stereocenters. The second kappa shape index (κ2) is 7.76. The van der Waals surface area contributed by atoms with Crippen LogP contribution in [-0.2, 0) is 13.0 Å². The van der Waals surface area contributed by atoms with Crippen LogP contribution in [0.25, 0.3) is 0 Å². The van der Waals surface area contributed by atoms with Crippen LogP contribution in [0.2, 0.25) is 0 Å². The van der Waals surface area contributed by atoms with E-state index in [0.717, 1.165) is 25.3 Å². The second-order valence-corrected chi connectivity index (χ2v) is 6.74. The zero-order valence-electron chi connectivity index (χ0n) is 14.9. The lowest BCUT2D eigenvalue weighted by Crippen LogP contribution is -2.40. The fourth-order valence-corrected chi connectivity index (χ4v) is 3.60. The SMILES string of the molecule is O=C(NC[C@H](c1ccco1)N1CCc2ccccc2C1)c1cccc(F)c1. The number of nitrogens with zero attached hydrogens (tertiary/aromatic N) is 1. The first-order chi connectivity index (χ1) is 13.2. The van der Waals surface area contributed by atoms with E-state index in [2.05, 4.69) is 34.5 Å². The second-order valence-electron chi connectivity index (χ2n) is 6.74. The molecule has 0 saturated carbocycles. The first-order valence-electron chi connectivity index (χ1n) is 9.09. The maximum absolute atomic E-state index is 13.4. The quantitative estimate of drug-likeness (QED) is 0.746. The highest BCUT2D eigenvalue weighted by Gasteiger charge is 2.27. The van der Waals surface area contributed by atoms with Crippen molar-refractivity contribution in [2.45, 2.75) is 19.0 Å². The van der Waals surface area contributed by atoms with E-state index in [9.17, 15) is 9.18 Å². The lowest BCUT2D eigenvalue weighted by Gasteiger charge is -2.34. The molecule has 4 nitrogen and oxygen atoms in total. The highest BCUT2D eigenvalue weighted by molar-refractivity contribution is 5.94. The molecule has 27 heavy (non-hydrogen) atoms. The molecule has 5 heteroatoms. The Labute approximate surface area is 157 Å². The molecule has 0 bridgehead atoms. The molecule has 0 saturated heterocycles. The summed E-state index contributed by atoms with van der Waals surface area (Å²) >= 11 is 0. The number of carbonyl (C=O) groups is 1. The van der Waals surface area contributed by atoms with Crippen LogP contribution in [-0.4, -0.2) is 23.9 Å². The maximum atomic E-state index is 13.4. The standard InChI is InChI=1S/C22H21FN2O2/c23-19-8-3-7-17(13-19)22(26)24-14-20(21-9-4-12-27-21)25-11-10-16-5-1-2-6-18(16)15-25/h1-9,12-13,20H,10-11,14-15H2,(H,24,26)/t20-/m1/s1. The predicted octanol–water partition coefficient (Wildman–Crippen LogP) is 3.95. The van der Waals surface area contributed by atoms with Gasteiger partial charge in [0.05, 0.1) is 12.3 Å². The number of nitrogens with one attached hydrogen (secondary N) is 1. The van der Waals surface area contributed by atoms with Crippen molar-refractivity contribution in [3.05, 3.63) is 95.2 Å². The van der Waals surface area contributed by atoms with Gasteiger partial charge in [-0.05, 0) is 47.9 Å². The molecule has 1 amide bonds. The molecule has 3 aromatic rings. The minimum atomic E-state index is -0.419. The Kier molecular flexibility index (Phi) is 5.03. The van der Waals surface area contributed by atoms with Gasteiger partial charge in [0.2, 0.25) is 0 Å². The topological polar surface area (TPSA) is 45.5 Å². The van der Waals surface area contributed by atoms with Crippen molar-refractivity contribution in [2.75, 3.05) is 13.1 Å². The van der Waals surface area contributed by atoms with E-state index in [-0.39, 0.29) is 11.9 Å². The minimum Gasteiger partial charge on any atom is -0.468 e. The van der Waals surface area contributed by atoms with Gasteiger partial charge < -0.3 is 9.73 Å². The summed E-state index contributed by atoms with van der Waals surface area (Å²) < 4.78 is 19.0. The van der Waals surface area contributed by atoms with Crippen LogP contribution in [0.1, 0.15) is 33.3 Å². The first-order valence-corrected chi connectivity index (χ1v) is 9.09. The van der Waals surface area contributed by atoms with Crippen LogP contribution in [0.3, 0.4) is 0 Å². The molecule has 1 aromatic heterocycles. The number of carbonyl (C=O) groups excluding carboxylic acids is 1. The molecule has 138 valence electrons. The lowest BCUT2D eigenvalue weighted by atomic mass is 9.98. The number of benzene rings is 2. The number of amides is 1. The fourth-order valence-electron chi connectivity index (χ4n) is 3.60. The number of fused-ring (bicyclic) bond motifs is 1. The highest BCUT2D eigenvalue weighted by Crippen LogP contribution is 2.28. The summed E-state index contributed by atoms with van der Waals surface area (Å²) in [7, 11) is 0. The summed E-state index contributed by atoms with van der Waals surface area (Å²) in [5.74, 6) is 0.107. The monoisotopic (exact) mass is 364 g/mol. The molecule has 0 spiro atoms. The molecule has 2 aromatic carbocycles. The Hall–Kier alpha value is -2.92. The number of furan rings is 1. The van der Waals surface area contributed by atoms with Gasteiger partial charge in [0, 0.05) is 25.2 Å². The van der Waals surface area contributed by atoms with E-state index in [1.54, 1.807) is 12.3 Å². The number of hydrogen-bond acceptors (Lipinski definition) is 3. The summed E-state index contributed by atoms with van der Waals surface area (Å²) in [4.78, 5) is 14.7. The smallest absolute Gasteiger partial charge is 0.251 e. The molecule has 1 aliphatic heterocycles. The van der Waals surface area contributed by atoms with Crippen molar-refractivity contribution in [2.24, 2.45) is 0 Å². The average Bonchev–Trinajstić information content (AvgIpc) is 3.22. The van der Waals surface area contributed by atoms with Crippen LogP contribution < -0.4 is 5.32 Å². The third kappa shape index (κ3) is 3.93. The van der Waals surface area contributed by atoms with Crippen molar-refractivity contribution in [3.8, 4) is 0 Å². The Morgan fingerprint density at radius 2 is 1.96 bits per heavy atom. The van der Waals surface area contributed by atoms with Crippen molar-refractivity contribution < 1.29 is 13.6 Å². The van der Waals surface area contributed by atoms with Gasteiger partial charge in [-0.1, -0.05) is 30.3 Å². The van der Waals surface area contributed by atoms with Gasteiger partial charge in [-0.25, -0.2) is 4.39 Å². The molecule has 0 aliphatic carbocycles. The van der Waals surface area contributed by atoms with E-state index in [1.165, 1.54) is 29.3 Å². The van der Waals surface area contributed by atoms with Gasteiger partial charge in [-0.15, -0.1) is 0 Å². The van der Waals surface area contributed by atoms with Crippen LogP contribution in [0.5, 0.6) is 0 Å². The van der Waals surface area contributed by atoms with Gasteiger partial charge >= 0.3 is 0 Å². The van der Waals surface area contributed by atoms with Crippen LogP contribution in [0, 0.1) is 5.82 Å². The van der Waals surface area contributed by atoms with E-state index < -0.39 is 5.82 Å². The van der Waals surface area contributed by atoms with Gasteiger partial charge in [0.1, 0.15) is 11.6 Å². The zero-order chi connectivity index (χ0) is 18.6. The minimum absolute atomic E-state index is 0.0779. The summed E-state index contributed by atoms with van der Waals surface area (Å²) in [6.07, 6.45) is 2.61. The van der Waals surface area contributed by atoms with E-state index in [4.69, 9.17) is 4.42 Å². The van der Waals surface area contributed by atoms with Gasteiger partial charge in [0.15, 0.2) is 0 Å².